The first-order valence-electron chi connectivity index (χ1n) is 10.6. The van der Waals surface area contributed by atoms with Crippen LogP contribution in [0.4, 0.5) is 10.5 Å². The normalized spacial score (nSPS) is 19.9. The van der Waals surface area contributed by atoms with Crippen molar-refractivity contribution < 1.29 is 14.3 Å². The summed E-state index contributed by atoms with van der Waals surface area (Å²) in [5, 5.41) is 1.10. The molecule has 3 heterocycles. The fourth-order valence-corrected chi connectivity index (χ4v) is 5.02. The van der Waals surface area contributed by atoms with Gasteiger partial charge in [0, 0.05) is 23.0 Å². The number of anilines is 1. The van der Waals surface area contributed by atoms with E-state index < -0.39 is 12.1 Å². The van der Waals surface area contributed by atoms with Crippen LogP contribution in [0.5, 0.6) is 5.75 Å². The Labute approximate surface area is 185 Å². The molecule has 6 rings (SSSR count). The summed E-state index contributed by atoms with van der Waals surface area (Å²) in [5.41, 5.74) is 4.60. The molecule has 1 N–H and O–H groups in total. The first kappa shape index (κ1) is 18.7. The summed E-state index contributed by atoms with van der Waals surface area (Å²) in [7, 11) is 1.63. The lowest BCUT2D eigenvalue weighted by Gasteiger charge is -2.36. The van der Waals surface area contributed by atoms with Gasteiger partial charge in [-0.2, -0.15) is 0 Å². The van der Waals surface area contributed by atoms with Crippen molar-refractivity contribution in [3.63, 3.8) is 0 Å². The molecule has 4 aromatic rings. The van der Waals surface area contributed by atoms with Crippen molar-refractivity contribution in [1.82, 2.24) is 9.88 Å². The molecule has 0 radical (unpaired) electrons. The number of nitrogens with zero attached hydrogens (tertiary/aromatic N) is 2. The first-order chi connectivity index (χ1) is 15.7. The van der Waals surface area contributed by atoms with E-state index in [1.54, 1.807) is 24.1 Å². The van der Waals surface area contributed by atoms with Gasteiger partial charge in [-0.3, -0.25) is 9.69 Å². The van der Waals surface area contributed by atoms with Crippen LogP contribution in [0.15, 0.2) is 78.9 Å². The monoisotopic (exact) mass is 423 g/mol. The van der Waals surface area contributed by atoms with Gasteiger partial charge in [0.05, 0.1) is 12.8 Å². The summed E-state index contributed by atoms with van der Waals surface area (Å²) in [6.07, 6.45) is 0.486. The minimum atomic E-state index is -0.554. The number of aromatic nitrogens is 1. The highest BCUT2D eigenvalue weighted by Crippen LogP contribution is 2.45. The number of fused-ring (bicyclic) bond motifs is 4. The number of carbonyl (C=O) groups excluding carboxylic acids is 2. The molecule has 1 aromatic heterocycles. The third kappa shape index (κ3) is 2.59. The summed E-state index contributed by atoms with van der Waals surface area (Å²) in [4.78, 5) is 33.8. The zero-order valence-electron chi connectivity index (χ0n) is 17.5. The number of hydrogen-bond donors (Lipinski definition) is 1. The SMILES string of the molecule is COc1ccc([C@H]2c3[nH]c4ccccc4c3C[C@H]3C(=O)N(c4ccccc4)C(=O)N23)cc1. The van der Waals surface area contributed by atoms with E-state index in [1.165, 1.54) is 4.90 Å². The number of imide groups is 1. The van der Waals surface area contributed by atoms with Gasteiger partial charge < -0.3 is 9.72 Å². The van der Waals surface area contributed by atoms with Crippen molar-refractivity contribution in [3.8, 4) is 5.75 Å². The van der Waals surface area contributed by atoms with Crippen LogP contribution < -0.4 is 9.64 Å². The Hall–Kier alpha value is -4.06. The molecule has 2 aliphatic rings. The van der Waals surface area contributed by atoms with Crippen LogP contribution in [-0.2, 0) is 11.2 Å². The lowest BCUT2D eigenvalue weighted by molar-refractivity contribution is -0.120. The average molecular weight is 423 g/mol. The second-order valence-electron chi connectivity index (χ2n) is 8.16. The van der Waals surface area contributed by atoms with Gasteiger partial charge in [-0.05, 0) is 41.5 Å². The molecule has 0 saturated carbocycles. The topological polar surface area (TPSA) is 65.6 Å². The quantitative estimate of drug-likeness (QED) is 0.488. The number of ether oxygens (including phenoxy) is 1. The molecule has 158 valence electrons. The van der Waals surface area contributed by atoms with E-state index in [1.807, 2.05) is 60.7 Å². The van der Waals surface area contributed by atoms with Gasteiger partial charge in [-0.1, -0.05) is 48.5 Å². The van der Waals surface area contributed by atoms with Crippen molar-refractivity contribution in [2.75, 3.05) is 12.0 Å². The predicted octanol–water partition coefficient (Wildman–Crippen LogP) is 4.66. The Morgan fingerprint density at radius 1 is 0.906 bits per heavy atom. The van der Waals surface area contributed by atoms with E-state index in [0.717, 1.165) is 33.5 Å². The van der Waals surface area contributed by atoms with E-state index in [4.69, 9.17) is 4.74 Å². The third-order valence-electron chi connectivity index (χ3n) is 6.50. The van der Waals surface area contributed by atoms with Crippen molar-refractivity contribution in [3.05, 3.63) is 95.7 Å². The van der Waals surface area contributed by atoms with Crippen LogP contribution in [0.3, 0.4) is 0 Å². The fraction of sp³-hybridized carbons (Fsp3) is 0.154. The number of hydrogen-bond acceptors (Lipinski definition) is 3. The molecule has 0 unspecified atom stereocenters. The van der Waals surface area contributed by atoms with E-state index in [9.17, 15) is 9.59 Å². The highest BCUT2D eigenvalue weighted by atomic mass is 16.5. The maximum absolute atomic E-state index is 13.7. The zero-order valence-corrected chi connectivity index (χ0v) is 17.5. The number of methoxy groups -OCH3 is 1. The largest absolute Gasteiger partial charge is 0.497 e. The molecule has 3 amide bonds. The maximum Gasteiger partial charge on any atom is 0.332 e. The number of H-pyrrole nitrogens is 1. The predicted molar refractivity (Wildman–Crippen MR) is 122 cm³/mol. The second-order valence-corrected chi connectivity index (χ2v) is 8.16. The Morgan fingerprint density at radius 3 is 2.38 bits per heavy atom. The van der Waals surface area contributed by atoms with Gasteiger partial charge in [-0.25, -0.2) is 9.69 Å². The fourth-order valence-electron chi connectivity index (χ4n) is 5.02. The molecule has 1 fully saturated rings. The maximum atomic E-state index is 13.7. The number of urea groups is 1. The molecular weight excluding hydrogens is 402 g/mol. The van der Waals surface area contributed by atoms with E-state index in [-0.39, 0.29) is 11.9 Å². The molecular formula is C26H21N3O3. The average Bonchev–Trinajstić information content (AvgIpc) is 3.33. The smallest absolute Gasteiger partial charge is 0.332 e. The lowest BCUT2D eigenvalue weighted by Crippen LogP contribution is -2.44. The molecule has 2 aliphatic heterocycles. The number of amides is 3. The zero-order chi connectivity index (χ0) is 21.8. The number of benzene rings is 3. The highest BCUT2D eigenvalue weighted by molar-refractivity contribution is 6.22. The number of rotatable bonds is 3. The van der Waals surface area contributed by atoms with Gasteiger partial charge in [0.15, 0.2) is 0 Å². The van der Waals surface area contributed by atoms with E-state index in [2.05, 4.69) is 11.1 Å². The van der Waals surface area contributed by atoms with Crippen molar-refractivity contribution >= 4 is 28.5 Å². The number of nitrogens with one attached hydrogen (secondary N) is 1. The van der Waals surface area contributed by atoms with Crippen LogP contribution in [0, 0.1) is 0 Å². The molecule has 3 aromatic carbocycles. The van der Waals surface area contributed by atoms with Crippen LogP contribution in [0.25, 0.3) is 10.9 Å². The molecule has 1 saturated heterocycles. The van der Waals surface area contributed by atoms with Crippen molar-refractivity contribution in [1.29, 1.82) is 0 Å². The lowest BCUT2D eigenvalue weighted by atomic mass is 9.89. The van der Waals surface area contributed by atoms with Crippen LogP contribution >= 0.6 is 0 Å². The first-order valence-corrected chi connectivity index (χ1v) is 10.6. The van der Waals surface area contributed by atoms with Crippen LogP contribution in [-0.4, -0.2) is 35.0 Å². The summed E-state index contributed by atoms with van der Waals surface area (Å²) in [5.74, 6) is 0.559. The molecule has 0 aliphatic carbocycles. The Morgan fingerprint density at radius 2 is 1.62 bits per heavy atom. The van der Waals surface area contributed by atoms with E-state index in [0.29, 0.717) is 12.1 Å². The van der Waals surface area contributed by atoms with E-state index >= 15 is 0 Å². The Bertz CT molecular complexity index is 1340. The summed E-state index contributed by atoms with van der Waals surface area (Å²) in [6, 6.07) is 23.7. The van der Waals surface area contributed by atoms with Gasteiger partial charge in [-0.15, -0.1) is 0 Å². The summed E-state index contributed by atoms with van der Waals surface area (Å²) >= 11 is 0. The summed E-state index contributed by atoms with van der Waals surface area (Å²) < 4.78 is 5.32. The van der Waals surface area contributed by atoms with Gasteiger partial charge >= 0.3 is 6.03 Å². The Kier molecular flexibility index (Phi) is 4.08. The molecule has 6 heteroatoms. The van der Waals surface area contributed by atoms with Gasteiger partial charge in [0.1, 0.15) is 17.8 Å². The van der Waals surface area contributed by atoms with Crippen molar-refractivity contribution in [2.24, 2.45) is 0 Å². The second kappa shape index (κ2) is 6.99. The highest BCUT2D eigenvalue weighted by Gasteiger charge is 2.53. The third-order valence-corrected chi connectivity index (χ3v) is 6.50. The summed E-state index contributed by atoms with van der Waals surface area (Å²) in [6.45, 7) is 0. The van der Waals surface area contributed by atoms with Crippen LogP contribution in [0.1, 0.15) is 22.9 Å². The number of aromatic amines is 1. The molecule has 0 spiro atoms. The van der Waals surface area contributed by atoms with Crippen LogP contribution in [0.2, 0.25) is 0 Å². The number of carbonyl (C=O) groups is 2. The molecule has 32 heavy (non-hydrogen) atoms. The number of para-hydroxylation sites is 2. The molecule has 2 atom stereocenters. The van der Waals surface area contributed by atoms with Gasteiger partial charge in [0.2, 0.25) is 0 Å². The minimum Gasteiger partial charge on any atom is -0.497 e. The van der Waals surface area contributed by atoms with Crippen molar-refractivity contribution in [2.45, 2.75) is 18.5 Å². The molecule has 6 nitrogen and oxygen atoms in total. The minimum absolute atomic E-state index is 0.185. The molecule has 0 bridgehead atoms. The van der Waals surface area contributed by atoms with Gasteiger partial charge in [0.25, 0.3) is 5.91 Å². The standard InChI is InChI=1S/C26H21N3O3/c1-32-18-13-11-16(12-14-18)24-23-20(19-9-5-6-10-21(19)27-23)15-22-25(30)28(26(31)29(22)24)17-7-3-2-4-8-17/h2-14,22,24,27H,15H2,1H3/t22-,24-/m0/s1. The Balaban J connectivity index is 1.54.